The molecule has 0 aliphatic heterocycles. The van der Waals surface area contributed by atoms with E-state index in [1.54, 1.807) is 26.0 Å². The van der Waals surface area contributed by atoms with Crippen molar-refractivity contribution in [3.8, 4) is 11.6 Å². The number of aryl methyl sites for hydroxylation is 5. The zero-order valence-corrected chi connectivity index (χ0v) is 16.4. The first-order chi connectivity index (χ1) is 12.2. The average molecular weight is 370 g/mol. The van der Waals surface area contributed by atoms with E-state index in [9.17, 15) is 8.42 Å². The quantitative estimate of drug-likeness (QED) is 0.646. The minimum Gasteiger partial charge on any atom is -0.358 e. The Bertz CT molecular complexity index is 1070. The summed E-state index contributed by atoms with van der Waals surface area (Å²) in [7, 11) is -3.97. The van der Waals surface area contributed by atoms with Crippen molar-refractivity contribution in [2.24, 2.45) is 0 Å². The SMILES string of the molecule is Cc1ccc(-n2nc(C)cc2OS(=O)(=O)c2cc(C)c(C)cc2C)cc1. The summed E-state index contributed by atoms with van der Waals surface area (Å²) in [5.74, 6) is 0.170. The van der Waals surface area contributed by atoms with E-state index in [4.69, 9.17) is 4.18 Å². The van der Waals surface area contributed by atoms with Gasteiger partial charge in [0.2, 0.25) is 5.88 Å². The van der Waals surface area contributed by atoms with Crippen molar-refractivity contribution in [2.75, 3.05) is 0 Å². The Balaban J connectivity index is 2.04. The summed E-state index contributed by atoms with van der Waals surface area (Å²) in [6.07, 6.45) is 0. The van der Waals surface area contributed by atoms with Gasteiger partial charge >= 0.3 is 10.1 Å². The summed E-state index contributed by atoms with van der Waals surface area (Å²) in [5.41, 5.74) is 5.13. The first kappa shape index (κ1) is 18.2. The lowest BCUT2D eigenvalue weighted by Gasteiger charge is -2.13. The Labute approximate surface area is 154 Å². The molecular weight excluding hydrogens is 348 g/mol. The first-order valence-corrected chi connectivity index (χ1v) is 9.74. The van der Waals surface area contributed by atoms with Crippen molar-refractivity contribution < 1.29 is 12.6 Å². The van der Waals surface area contributed by atoms with Gasteiger partial charge in [-0.15, -0.1) is 0 Å². The lowest BCUT2D eigenvalue weighted by Crippen LogP contribution is -2.14. The van der Waals surface area contributed by atoms with Gasteiger partial charge in [-0.3, -0.25) is 0 Å². The van der Waals surface area contributed by atoms with Crippen LogP contribution in [0.25, 0.3) is 5.69 Å². The number of hydrogen-bond donors (Lipinski definition) is 0. The van der Waals surface area contributed by atoms with E-state index in [-0.39, 0.29) is 10.8 Å². The lowest BCUT2D eigenvalue weighted by atomic mass is 10.1. The molecule has 0 aliphatic rings. The third-order valence-corrected chi connectivity index (χ3v) is 5.70. The van der Waals surface area contributed by atoms with Gasteiger partial charge in [0.15, 0.2) is 0 Å². The van der Waals surface area contributed by atoms with Crippen LogP contribution in [0.3, 0.4) is 0 Å². The molecule has 5 nitrogen and oxygen atoms in total. The fourth-order valence-corrected chi connectivity index (χ4v) is 3.97. The smallest absolute Gasteiger partial charge is 0.340 e. The standard InChI is InChI=1S/C20H22N2O3S/c1-13-6-8-18(9-7-13)22-20(12-17(5)21-22)25-26(23,24)19-11-15(3)14(2)10-16(19)4/h6-12H,1-5H3. The van der Waals surface area contributed by atoms with Crippen LogP contribution in [-0.2, 0) is 10.1 Å². The molecule has 136 valence electrons. The second-order valence-electron chi connectivity index (χ2n) is 6.61. The normalized spacial score (nSPS) is 11.6. The van der Waals surface area contributed by atoms with Crippen molar-refractivity contribution in [3.63, 3.8) is 0 Å². The Morgan fingerprint density at radius 2 is 1.46 bits per heavy atom. The first-order valence-electron chi connectivity index (χ1n) is 8.33. The van der Waals surface area contributed by atoms with Gasteiger partial charge in [-0.25, -0.2) is 0 Å². The van der Waals surface area contributed by atoms with E-state index in [0.29, 0.717) is 11.3 Å². The van der Waals surface area contributed by atoms with E-state index >= 15 is 0 Å². The Hall–Kier alpha value is -2.60. The van der Waals surface area contributed by atoms with Crippen LogP contribution >= 0.6 is 0 Å². The molecule has 6 heteroatoms. The highest BCUT2D eigenvalue weighted by molar-refractivity contribution is 7.87. The molecule has 0 aliphatic carbocycles. The number of nitrogens with zero attached hydrogens (tertiary/aromatic N) is 2. The zero-order valence-electron chi connectivity index (χ0n) is 15.6. The lowest BCUT2D eigenvalue weighted by molar-refractivity contribution is 0.464. The molecule has 0 saturated heterocycles. The zero-order chi connectivity index (χ0) is 19.1. The maximum atomic E-state index is 12.9. The highest BCUT2D eigenvalue weighted by atomic mass is 32.2. The van der Waals surface area contributed by atoms with Gasteiger partial charge in [0.1, 0.15) is 4.90 Å². The van der Waals surface area contributed by atoms with Crippen molar-refractivity contribution in [2.45, 2.75) is 39.5 Å². The second-order valence-corrected chi connectivity index (χ2v) is 8.13. The fraction of sp³-hybridized carbons (Fsp3) is 0.250. The monoisotopic (exact) mass is 370 g/mol. The molecule has 0 unspecified atom stereocenters. The molecule has 3 rings (SSSR count). The van der Waals surface area contributed by atoms with E-state index < -0.39 is 10.1 Å². The molecule has 2 aromatic carbocycles. The van der Waals surface area contributed by atoms with Crippen LogP contribution in [0.4, 0.5) is 0 Å². The number of rotatable bonds is 4. The van der Waals surface area contributed by atoms with E-state index in [1.807, 2.05) is 51.1 Å². The minimum absolute atomic E-state index is 0.170. The van der Waals surface area contributed by atoms with Gasteiger partial charge in [-0.05, 0) is 69.5 Å². The topological polar surface area (TPSA) is 61.2 Å². The molecule has 1 aromatic heterocycles. The average Bonchev–Trinajstić information content (AvgIpc) is 2.91. The molecule has 0 bridgehead atoms. The van der Waals surface area contributed by atoms with Crippen LogP contribution in [0.1, 0.15) is 27.9 Å². The fourth-order valence-electron chi connectivity index (χ4n) is 2.77. The summed E-state index contributed by atoms with van der Waals surface area (Å²) < 4.78 is 32.7. The predicted molar refractivity (Wildman–Crippen MR) is 102 cm³/mol. The summed E-state index contributed by atoms with van der Waals surface area (Å²) in [6.45, 7) is 9.39. The van der Waals surface area contributed by atoms with E-state index in [2.05, 4.69) is 5.10 Å². The third kappa shape index (κ3) is 3.51. The van der Waals surface area contributed by atoms with Gasteiger partial charge in [-0.2, -0.15) is 18.2 Å². The summed E-state index contributed by atoms with van der Waals surface area (Å²) in [4.78, 5) is 0.176. The van der Waals surface area contributed by atoms with Gasteiger partial charge < -0.3 is 4.18 Å². The summed E-state index contributed by atoms with van der Waals surface area (Å²) in [6, 6.07) is 12.8. The Morgan fingerprint density at radius 1 is 0.846 bits per heavy atom. The number of aromatic nitrogens is 2. The van der Waals surface area contributed by atoms with Crippen LogP contribution in [0.2, 0.25) is 0 Å². The molecule has 26 heavy (non-hydrogen) atoms. The maximum Gasteiger partial charge on any atom is 0.340 e. The maximum absolute atomic E-state index is 12.9. The molecule has 0 atom stereocenters. The Morgan fingerprint density at radius 3 is 2.12 bits per heavy atom. The van der Waals surface area contributed by atoms with Crippen molar-refractivity contribution in [1.82, 2.24) is 9.78 Å². The number of benzene rings is 2. The molecule has 0 N–H and O–H groups in total. The van der Waals surface area contributed by atoms with Gasteiger partial charge in [0.05, 0.1) is 11.4 Å². The minimum atomic E-state index is -3.97. The molecule has 0 radical (unpaired) electrons. The highest BCUT2D eigenvalue weighted by Gasteiger charge is 2.23. The van der Waals surface area contributed by atoms with E-state index in [1.165, 1.54) is 4.68 Å². The van der Waals surface area contributed by atoms with Gasteiger partial charge in [0.25, 0.3) is 0 Å². The van der Waals surface area contributed by atoms with Crippen LogP contribution in [0, 0.1) is 34.6 Å². The van der Waals surface area contributed by atoms with Crippen molar-refractivity contribution in [3.05, 3.63) is 70.4 Å². The van der Waals surface area contributed by atoms with Crippen LogP contribution in [-0.4, -0.2) is 18.2 Å². The molecule has 0 fully saturated rings. The van der Waals surface area contributed by atoms with Crippen LogP contribution in [0.5, 0.6) is 5.88 Å². The molecule has 0 amide bonds. The van der Waals surface area contributed by atoms with Crippen molar-refractivity contribution >= 4 is 10.1 Å². The largest absolute Gasteiger partial charge is 0.358 e. The summed E-state index contributed by atoms with van der Waals surface area (Å²) >= 11 is 0. The second kappa shape index (κ2) is 6.61. The Kier molecular flexibility index (Phi) is 4.63. The van der Waals surface area contributed by atoms with Crippen LogP contribution in [0.15, 0.2) is 47.4 Å². The molecule has 0 saturated carbocycles. The molecule has 3 aromatic rings. The molecule has 1 heterocycles. The van der Waals surface area contributed by atoms with E-state index in [0.717, 1.165) is 22.4 Å². The number of hydrogen-bond acceptors (Lipinski definition) is 4. The predicted octanol–water partition coefficient (Wildman–Crippen LogP) is 4.18. The molecule has 0 spiro atoms. The van der Waals surface area contributed by atoms with Crippen molar-refractivity contribution in [1.29, 1.82) is 0 Å². The third-order valence-electron chi connectivity index (χ3n) is 4.33. The summed E-state index contributed by atoms with van der Waals surface area (Å²) in [5, 5.41) is 4.37. The van der Waals surface area contributed by atoms with Crippen LogP contribution < -0.4 is 4.18 Å². The van der Waals surface area contributed by atoms with Gasteiger partial charge in [-0.1, -0.05) is 23.8 Å². The van der Waals surface area contributed by atoms with Gasteiger partial charge in [0, 0.05) is 6.07 Å². The highest BCUT2D eigenvalue weighted by Crippen LogP contribution is 2.26. The molecular formula is C20H22N2O3S.